The van der Waals surface area contributed by atoms with Crippen LogP contribution in [0, 0.1) is 0 Å². The fraction of sp³-hybridized carbons (Fsp3) is 0.400. The number of rotatable bonds is 8. The number of thiazole rings is 1. The van der Waals surface area contributed by atoms with Crippen molar-refractivity contribution in [3.05, 3.63) is 41.5 Å². The van der Waals surface area contributed by atoms with Gasteiger partial charge in [0.15, 0.2) is 16.1 Å². The van der Waals surface area contributed by atoms with Crippen molar-refractivity contribution in [2.24, 2.45) is 7.05 Å². The van der Waals surface area contributed by atoms with E-state index >= 15 is 0 Å². The van der Waals surface area contributed by atoms with Gasteiger partial charge in [0.1, 0.15) is 0 Å². The molecule has 1 aromatic carbocycles. The van der Waals surface area contributed by atoms with Crippen LogP contribution < -0.4 is 10.6 Å². The molecule has 9 heteroatoms. The molecule has 29 heavy (non-hydrogen) atoms. The second kappa shape index (κ2) is 9.41. The molecule has 2 aromatic heterocycles. The first kappa shape index (κ1) is 19.9. The molecule has 7 nitrogen and oxygen atoms in total. The average molecular weight is 429 g/mol. The van der Waals surface area contributed by atoms with E-state index in [0.29, 0.717) is 18.3 Å². The molecule has 0 saturated heterocycles. The lowest BCUT2D eigenvalue weighted by atomic mass is 10.2. The molecule has 0 radical (unpaired) electrons. The van der Waals surface area contributed by atoms with E-state index in [9.17, 15) is 4.79 Å². The third-order valence-electron chi connectivity index (χ3n) is 4.95. The van der Waals surface area contributed by atoms with Crippen molar-refractivity contribution in [1.82, 2.24) is 25.1 Å². The number of hydrogen-bond donors (Lipinski definition) is 2. The molecule has 152 valence electrons. The Balaban J connectivity index is 1.28. The number of carbonyl (C=O) groups is 1. The smallest absolute Gasteiger partial charge is 0.230 e. The summed E-state index contributed by atoms with van der Waals surface area (Å²) >= 11 is 2.99. The van der Waals surface area contributed by atoms with Gasteiger partial charge in [0, 0.05) is 24.0 Å². The van der Waals surface area contributed by atoms with Crippen molar-refractivity contribution in [1.29, 1.82) is 0 Å². The van der Waals surface area contributed by atoms with E-state index in [-0.39, 0.29) is 5.91 Å². The minimum Gasteiger partial charge on any atom is -0.354 e. The van der Waals surface area contributed by atoms with Crippen LogP contribution in [-0.2, 0) is 18.4 Å². The van der Waals surface area contributed by atoms with Crippen LogP contribution in [0.25, 0.3) is 11.3 Å². The highest BCUT2D eigenvalue weighted by Gasteiger charge is 2.18. The maximum absolute atomic E-state index is 12.1. The van der Waals surface area contributed by atoms with Crippen molar-refractivity contribution in [3.63, 3.8) is 0 Å². The van der Waals surface area contributed by atoms with Crippen LogP contribution in [0.2, 0.25) is 0 Å². The zero-order chi connectivity index (χ0) is 20.1. The monoisotopic (exact) mass is 428 g/mol. The predicted molar refractivity (Wildman–Crippen MR) is 117 cm³/mol. The van der Waals surface area contributed by atoms with Crippen molar-refractivity contribution in [3.8, 4) is 11.3 Å². The molecular formula is C20H24N6OS2. The Bertz CT molecular complexity index is 949. The molecule has 0 aliphatic heterocycles. The Kier molecular flexibility index (Phi) is 6.46. The first-order chi connectivity index (χ1) is 14.2. The van der Waals surface area contributed by atoms with Crippen molar-refractivity contribution >= 4 is 34.1 Å². The van der Waals surface area contributed by atoms with E-state index in [2.05, 4.69) is 25.8 Å². The Morgan fingerprint density at radius 2 is 2.03 bits per heavy atom. The Morgan fingerprint density at radius 3 is 2.83 bits per heavy atom. The quantitative estimate of drug-likeness (QED) is 0.532. The lowest BCUT2D eigenvalue weighted by Gasteiger charge is -2.11. The number of nitrogens with zero attached hydrogens (tertiary/aromatic N) is 4. The summed E-state index contributed by atoms with van der Waals surface area (Å²) in [7, 11) is 1.92. The van der Waals surface area contributed by atoms with Gasteiger partial charge < -0.3 is 15.2 Å². The number of hydrogen-bond acceptors (Lipinski definition) is 7. The topological polar surface area (TPSA) is 84.7 Å². The lowest BCUT2D eigenvalue weighted by Crippen LogP contribution is -2.33. The Hall–Kier alpha value is -2.39. The number of benzene rings is 1. The fourth-order valence-corrected chi connectivity index (χ4v) is 4.81. The maximum Gasteiger partial charge on any atom is 0.230 e. The molecule has 3 aromatic rings. The van der Waals surface area contributed by atoms with Crippen molar-refractivity contribution in [2.45, 2.75) is 43.4 Å². The van der Waals surface area contributed by atoms with E-state index in [1.807, 2.05) is 47.3 Å². The minimum absolute atomic E-state index is 0.0702. The van der Waals surface area contributed by atoms with Crippen LogP contribution >= 0.6 is 23.1 Å². The highest BCUT2D eigenvalue weighted by atomic mass is 32.2. The zero-order valence-electron chi connectivity index (χ0n) is 16.3. The molecule has 1 amide bonds. The Morgan fingerprint density at radius 1 is 1.24 bits per heavy atom. The van der Waals surface area contributed by atoms with E-state index in [0.717, 1.165) is 40.2 Å². The van der Waals surface area contributed by atoms with Gasteiger partial charge in [-0.2, -0.15) is 0 Å². The van der Waals surface area contributed by atoms with Crippen LogP contribution in [0.4, 0.5) is 5.13 Å². The van der Waals surface area contributed by atoms with Crippen LogP contribution in [0.1, 0.15) is 31.5 Å². The summed E-state index contributed by atoms with van der Waals surface area (Å²) in [6, 6.07) is 10.5. The van der Waals surface area contributed by atoms with Gasteiger partial charge in [-0.15, -0.1) is 21.5 Å². The number of carbonyl (C=O) groups excluding carboxylic acids is 1. The molecule has 1 aliphatic carbocycles. The summed E-state index contributed by atoms with van der Waals surface area (Å²) in [4.78, 5) is 16.7. The van der Waals surface area contributed by atoms with E-state index < -0.39 is 0 Å². The number of thioether (sulfide) groups is 1. The molecule has 2 heterocycles. The predicted octanol–water partition coefficient (Wildman–Crippen LogP) is 3.70. The highest BCUT2D eigenvalue weighted by Crippen LogP contribution is 2.25. The van der Waals surface area contributed by atoms with Crippen LogP contribution in [0.5, 0.6) is 0 Å². The summed E-state index contributed by atoms with van der Waals surface area (Å²) in [5.74, 6) is 1.24. The second-order valence-electron chi connectivity index (χ2n) is 7.05. The first-order valence-corrected chi connectivity index (χ1v) is 11.6. The van der Waals surface area contributed by atoms with Crippen molar-refractivity contribution in [2.75, 3.05) is 11.1 Å². The molecule has 0 unspecified atom stereocenters. The van der Waals surface area contributed by atoms with E-state index in [1.54, 1.807) is 11.3 Å². The number of anilines is 1. The SMILES string of the molecule is Cn1c(CNc2nc(-c3ccccc3)cs2)nnc1SCC(=O)NC1CCCC1. The largest absolute Gasteiger partial charge is 0.354 e. The van der Waals surface area contributed by atoms with E-state index in [4.69, 9.17) is 0 Å². The molecule has 4 rings (SSSR count). The number of aromatic nitrogens is 4. The summed E-state index contributed by atoms with van der Waals surface area (Å²) < 4.78 is 1.92. The Labute approximate surface area is 178 Å². The summed E-state index contributed by atoms with van der Waals surface area (Å²) in [5.41, 5.74) is 2.06. The lowest BCUT2D eigenvalue weighted by molar-refractivity contribution is -0.119. The number of nitrogens with one attached hydrogen (secondary N) is 2. The standard InChI is InChI=1S/C20H24N6OS2/c1-26-17(11-21-19-23-16(12-28-19)14-7-3-2-4-8-14)24-25-20(26)29-13-18(27)22-15-9-5-6-10-15/h2-4,7-8,12,15H,5-6,9-11,13H2,1H3,(H,21,23)(H,22,27). The summed E-state index contributed by atoms with van der Waals surface area (Å²) in [5, 5.41) is 18.5. The van der Waals surface area contributed by atoms with Gasteiger partial charge in [-0.3, -0.25) is 4.79 Å². The van der Waals surface area contributed by atoms with Gasteiger partial charge in [0.05, 0.1) is 18.0 Å². The normalized spacial score (nSPS) is 14.2. The second-order valence-corrected chi connectivity index (χ2v) is 8.85. The molecule has 2 N–H and O–H groups in total. The van der Waals surface area contributed by atoms with Gasteiger partial charge in [-0.1, -0.05) is 54.9 Å². The van der Waals surface area contributed by atoms with Gasteiger partial charge in [-0.05, 0) is 12.8 Å². The molecular weight excluding hydrogens is 404 g/mol. The van der Waals surface area contributed by atoms with Gasteiger partial charge in [0.25, 0.3) is 0 Å². The maximum atomic E-state index is 12.1. The third kappa shape index (κ3) is 5.16. The summed E-state index contributed by atoms with van der Waals surface area (Å²) in [6.45, 7) is 0.528. The molecule has 0 spiro atoms. The fourth-order valence-electron chi connectivity index (χ4n) is 3.35. The zero-order valence-corrected chi connectivity index (χ0v) is 17.9. The van der Waals surface area contributed by atoms with Gasteiger partial charge in [-0.25, -0.2) is 4.98 Å². The van der Waals surface area contributed by atoms with Crippen molar-refractivity contribution < 1.29 is 4.79 Å². The molecule has 1 aliphatic rings. The summed E-state index contributed by atoms with van der Waals surface area (Å²) in [6.07, 6.45) is 4.62. The molecule has 0 atom stereocenters. The molecule has 1 saturated carbocycles. The number of amides is 1. The molecule has 0 bridgehead atoms. The third-order valence-corrected chi connectivity index (χ3v) is 6.77. The van der Waals surface area contributed by atoms with Crippen LogP contribution in [0.15, 0.2) is 40.9 Å². The molecule has 1 fully saturated rings. The van der Waals surface area contributed by atoms with Crippen LogP contribution in [0.3, 0.4) is 0 Å². The minimum atomic E-state index is 0.0702. The van der Waals surface area contributed by atoms with Crippen LogP contribution in [-0.4, -0.2) is 37.5 Å². The average Bonchev–Trinajstić information content (AvgIpc) is 3.48. The first-order valence-electron chi connectivity index (χ1n) is 9.74. The van der Waals surface area contributed by atoms with Gasteiger partial charge in [0.2, 0.25) is 5.91 Å². The van der Waals surface area contributed by atoms with Gasteiger partial charge >= 0.3 is 0 Å². The van der Waals surface area contributed by atoms with E-state index in [1.165, 1.54) is 24.6 Å². The highest BCUT2D eigenvalue weighted by molar-refractivity contribution is 7.99.